The normalized spacial score (nSPS) is 7.57. The van der Waals surface area contributed by atoms with Gasteiger partial charge in [0.2, 0.25) is 0 Å². The Morgan fingerprint density at radius 1 is 1.86 bits per heavy atom. The van der Waals surface area contributed by atoms with E-state index < -0.39 is 0 Å². The van der Waals surface area contributed by atoms with Crippen LogP contribution in [0.1, 0.15) is 5.69 Å². The molecule has 0 aromatic carbocycles. The van der Waals surface area contributed by atoms with Gasteiger partial charge in [-0.3, -0.25) is 11.3 Å². The molecule has 1 rings (SSSR count). The molecule has 0 saturated heterocycles. The molecule has 39 valence electrons. The minimum atomic E-state index is 0. The van der Waals surface area contributed by atoms with Crippen molar-refractivity contribution in [3.05, 3.63) is 16.6 Å². The van der Waals surface area contributed by atoms with Crippen molar-refractivity contribution in [2.75, 3.05) is 0 Å². The largest absolute Gasteiger partial charge is 0.391 e. The summed E-state index contributed by atoms with van der Waals surface area (Å²) in [7, 11) is 0. The number of hydrogen-bond donors (Lipinski definition) is 0. The molecular formula is C4H4NReS-. The van der Waals surface area contributed by atoms with Crippen LogP contribution in [0.5, 0.6) is 0 Å². The predicted octanol–water partition coefficient (Wildman–Crippen LogP) is 1.25. The van der Waals surface area contributed by atoms with Crippen molar-refractivity contribution in [2.24, 2.45) is 0 Å². The summed E-state index contributed by atoms with van der Waals surface area (Å²) in [5.41, 5.74) is 3.78. The van der Waals surface area contributed by atoms with E-state index in [0.717, 1.165) is 5.69 Å². The maximum Gasteiger partial charge on any atom is 0 e. The van der Waals surface area contributed by atoms with Crippen molar-refractivity contribution in [1.82, 2.24) is 4.98 Å². The Hall–Kier alpha value is 0.292. The van der Waals surface area contributed by atoms with Gasteiger partial charge in [-0.05, 0) is 5.51 Å². The van der Waals surface area contributed by atoms with E-state index in [1.165, 1.54) is 11.3 Å². The third-order valence-electron chi connectivity index (χ3n) is 0.504. The van der Waals surface area contributed by atoms with E-state index >= 15 is 0 Å². The molecule has 1 radical (unpaired) electrons. The molecule has 1 heterocycles. The maximum atomic E-state index is 3.81. The first-order valence-corrected chi connectivity index (χ1v) is 2.56. The number of nitrogens with zero attached hydrogens (tertiary/aromatic N) is 1. The van der Waals surface area contributed by atoms with Crippen LogP contribution in [0.2, 0.25) is 0 Å². The van der Waals surface area contributed by atoms with Crippen LogP contribution in [0, 0.1) is 12.4 Å². The predicted molar refractivity (Wildman–Crippen MR) is 25.7 cm³/mol. The molecular weight excluding hydrogens is 280 g/mol. The molecule has 1 nitrogen and oxygen atoms in total. The quantitative estimate of drug-likeness (QED) is 0.654. The molecule has 0 bridgehead atoms. The van der Waals surface area contributed by atoms with Crippen LogP contribution >= 0.6 is 11.3 Å². The van der Waals surface area contributed by atoms with E-state index in [4.69, 9.17) is 0 Å². The van der Waals surface area contributed by atoms with Gasteiger partial charge in [-0.1, -0.05) is 6.92 Å². The van der Waals surface area contributed by atoms with E-state index in [1.807, 2.05) is 12.3 Å². The average Bonchev–Trinajstić information content (AvgIpc) is 1.86. The van der Waals surface area contributed by atoms with Crippen LogP contribution in [0.25, 0.3) is 0 Å². The first kappa shape index (κ1) is 7.29. The molecule has 0 unspecified atom stereocenters. The van der Waals surface area contributed by atoms with E-state index in [0.29, 0.717) is 0 Å². The van der Waals surface area contributed by atoms with Crippen molar-refractivity contribution in [2.45, 2.75) is 6.92 Å². The molecule has 0 saturated carbocycles. The van der Waals surface area contributed by atoms with E-state index in [-0.39, 0.29) is 20.4 Å². The van der Waals surface area contributed by atoms with E-state index in [1.54, 1.807) is 0 Å². The zero-order chi connectivity index (χ0) is 4.41. The van der Waals surface area contributed by atoms with Gasteiger partial charge in [0.25, 0.3) is 0 Å². The molecule has 0 N–H and O–H groups in total. The third-order valence-corrected chi connectivity index (χ3v) is 1.16. The average molecular weight is 284 g/mol. The summed E-state index contributed by atoms with van der Waals surface area (Å²) in [5.74, 6) is 0. The summed E-state index contributed by atoms with van der Waals surface area (Å²) in [6.07, 6.45) is 0. The van der Waals surface area contributed by atoms with Gasteiger partial charge >= 0.3 is 0 Å². The van der Waals surface area contributed by atoms with Crippen molar-refractivity contribution >= 4 is 11.3 Å². The van der Waals surface area contributed by atoms with Crippen molar-refractivity contribution < 1.29 is 20.4 Å². The topological polar surface area (TPSA) is 12.9 Å². The van der Waals surface area contributed by atoms with Crippen molar-refractivity contribution in [3.8, 4) is 0 Å². The molecule has 3 heteroatoms. The minimum absolute atomic E-state index is 0. The van der Waals surface area contributed by atoms with Gasteiger partial charge in [0, 0.05) is 20.4 Å². The van der Waals surface area contributed by atoms with Crippen LogP contribution in [0.3, 0.4) is 0 Å². The number of rotatable bonds is 0. The molecule has 0 amide bonds. The molecule has 0 aliphatic carbocycles. The molecule has 7 heavy (non-hydrogen) atoms. The Labute approximate surface area is 60.4 Å². The summed E-state index contributed by atoms with van der Waals surface area (Å²) in [4.78, 5) is 3.81. The van der Waals surface area contributed by atoms with Crippen LogP contribution in [-0.2, 0) is 20.4 Å². The molecule has 0 atom stereocenters. The molecule has 0 fully saturated rings. The fourth-order valence-electron chi connectivity index (χ4n) is 0.236. The van der Waals surface area contributed by atoms with Crippen LogP contribution < -0.4 is 0 Å². The van der Waals surface area contributed by atoms with E-state index in [2.05, 4.69) is 10.5 Å². The van der Waals surface area contributed by atoms with Gasteiger partial charge in [-0.2, -0.15) is 0 Å². The van der Waals surface area contributed by atoms with Gasteiger partial charge < -0.3 is 4.98 Å². The van der Waals surface area contributed by atoms with Crippen molar-refractivity contribution in [1.29, 1.82) is 0 Å². The first-order valence-electron chi connectivity index (χ1n) is 1.68. The Bertz CT molecular complexity index is 115. The smallest absolute Gasteiger partial charge is 0 e. The van der Waals surface area contributed by atoms with Gasteiger partial charge in [-0.25, -0.2) is 0 Å². The number of aryl methyl sites for hydroxylation is 1. The fraction of sp³-hybridized carbons (Fsp3) is 0.250. The second-order valence-electron chi connectivity index (χ2n) is 1.08. The Morgan fingerprint density at radius 3 is 2.71 bits per heavy atom. The molecule has 1 aromatic heterocycles. The summed E-state index contributed by atoms with van der Waals surface area (Å²) < 4.78 is 0. The molecule has 0 aliphatic rings. The molecule has 0 spiro atoms. The first-order chi connectivity index (χ1) is 2.89. The standard InChI is InChI=1S/C4H4NS.Re/c1-4-2-6-3-5-4;/h2H,1H3;/q-1;. The van der Waals surface area contributed by atoms with Gasteiger partial charge in [0.15, 0.2) is 0 Å². The van der Waals surface area contributed by atoms with Crippen LogP contribution in [0.15, 0.2) is 5.38 Å². The zero-order valence-corrected chi connectivity index (χ0v) is 7.34. The number of thiazole rings is 1. The molecule has 0 aliphatic heterocycles. The number of aromatic nitrogens is 1. The summed E-state index contributed by atoms with van der Waals surface area (Å²) in [6, 6.07) is 0. The minimum Gasteiger partial charge on any atom is -0.391 e. The van der Waals surface area contributed by atoms with Crippen LogP contribution in [0.4, 0.5) is 0 Å². The Balaban J connectivity index is 0.000000360. The zero-order valence-electron chi connectivity index (χ0n) is 3.81. The van der Waals surface area contributed by atoms with Crippen molar-refractivity contribution in [3.63, 3.8) is 0 Å². The summed E-state index contributed by atoms with van der Waals surface area (Å²) in [5, 5.41) is 1.96. The third kappa shape index (κ3) is 2.18. The summed E-state index contributed by atoms with van der Waals surface area (Å²) >= 11 is 1.50. The van der Waals surface area contributed by atoms with Gasteiger partial charge in [0.05, 0.1) is 0 Å². The van der Waals surface area contributed by atoms with Gasteiger partial charge in [-0.15, -0.1) is 11.1 Å². The SMILES string of the molecule is Cc1cs[c-]n1.[Re]. The second kappa shape index (κ2) is 3.31. The Kier molecular flexibility index (Phi) is 3.45. The van der Waals surface area contributed by atoms with Gasteiger partial charge in [0.1, 0.15) is 0 Å². The maximum absolute atomic E-state index is 3.81. The van der Waals surface area contributed by atoms with E-state index in [9.17, 15) is 0 Å². The number of hydrogen-bond acceptors (Lipinski definition) is 2. The molecule has 1 aromatic rings. The monoisotopic (exact) mass is 285 g/mol. The van der Waals surface area contributed by atoms with Crippen LogP contribution in [-0.4, -0.2) is 4.98 Å². The Morgan fingerprint density at radius 2 is 2.57 bits per heavy atom. The fourth-order valence-corrected chi connectivity index (χ4v) is 0.709. The second-order valence-corrected chi connectivity index (χ2v) is 1.73. The summed E-state index contributed by atoms with van der Waals surface area (Å²) in [6.45, 7) is 1.95.